The van der Waals surface area contributed by atoms with Gasteiger partial charge in [-0.05, 0) is 44.9 Å². The highest BCUT2D eigenvalue weighted by Gasteiger charge is 2.51. The molecule has 2 aliphatic heterocycles. The lowest BCUT2D eigenvalue weighted by Gasteiger charge is -2.46. The fourth-order valence-corrected chi connectivity index (χ4v) is 12.9. The smallest absolute Gasteiger partial charge is 0.220 e. The van der Waals surface area contributed by atoms with Crippen LogP contribution in [0.3, 0.4) is 0 Å². The van der Waals surface area contributed by atoms with Gasteiger partial charge < -0.3 is 65.1 Å². The van der Waals surface area contributed by atoms with Gasteiger partial charge in [0.05, 0.1) is 32.0 Å². The van der Waals surface area contributed by atoms with Crippen molar-refractivity contribution in [2.75, 3.05) is 19.8 Å². The highest BCUT2D eigenvalue weighted by atomic mass is 16.7. The molecule has 0 spiro atoms. The summed E-state index contributed by atoms with van der Waals surface area (Å²) in [6.45, 7) is 2.82. The summed E-state index contributed by atoms with van der Waals surface area (Å²) in [4.78, 5) is 13.3. The van der Waals surface area contributed by atoms with Gasteiger partial charge in [-0.25, -0.2) is 0 Å². The average molecular weight is 1290 g/mol. The quantitative estimate of drug-likeness (QED) is 0.0204. The zero-order valence-corrected chi connectivity index (χ0v) is 58.6. The second-order valence-electron chi connectivity index (χ2n) is 27.5. The number of rotatable bonds is 65. The van der Waals surface area contributed by atoms with E-state index < -0.39 is 86.8 Å². The van der Waals surface area contributed by atoms with Gasteiger partial charge in [0.15, 0.2) is 12.6 Å². The molecule has 0 aromatic carbocycles. The largest absolute Gasteiger partial charge is 0.394 e. The molecule has 2 aliphatic rings. The van der Waals surface area contributed by atoms with E-state index in [4.69, 9.17) is 18.9 Å². The van der Waals surface area contributed by atoms with E-state index in [-0.39, 0.29) is 18.9 Å². The molecule has 2 rings (SSSR count). The first-order valence-electron chi connectivity index (χ1n) is 38.7. The first-order valence-corrected chi connectivity index (χ1v) is 38.7. The van der Waals surface area contributed by atoms with Crippen LogP contribution in [0, 0.1) is 0 Å². The molecule has 91 heavy (non-hydrogen) atoms. The van der Waals surface area contributed by atoms with Gasteiger partial charge in [0, 0.05) is 6.42 Å². The van der Waals surface area contributed by atoms with Crippen molar-refractivity contribution in [2.45, 2.75) is 428 Å². The Morgan fingerprint density at radius 2 is 0.703 bits per heavy atom. The van der Waals surface area contributed by atoms with Crippen LogP contribution < -0.4 is 5.32 Å². The van der Waals surface area contributed by atoms with Crippen molar-refractivity contribution in [3.05, 3.63) is 36.5 Å². The van der Waals surface area contributed by atoms with Gasteiger partial charge in [0.25, 0.3) is 0 Å². The number of amides is 1. The molecule has 0 bridgehead atoms. The molecule has 1 amide bonds. The molecule has 0 aliphatic carbocycles. The van der Waals surface area contributed by atoms with Gasteiger partial charge in [-0.1, -0.05) is 339 Å². The van der Waals surface area contributed by atoms with Gasteiger partial charge in [-0.3, -0.25) is 4.79 Å². The molecule has 14 nitrogen and oxygen atoms in total. The fraction of sp³-hybridized carbons (Fsp3) is 0.909. The molecule has 0 aromatic heterocycles. The van der Waals surface area contributed by atoms with Crippen molar-refractivity contribution < 1.29 is 64.6 Å². The predicted molar refractivity (Wildman–Crippen MR) is 374 cm³/mol. The Hall–Kier alpha value is -1.79. The van der Waals surface area contributed by atoms with Crippen LogP contribution in [0.4, 0.5) is 0 Å². The van der Waals surface area contributed by atoms with Crippen molar-refractivity contribution in [1.82, 2.24) is 5.32 Å². The number of unbranched alkanes of at least 4 members (excludes halogenated alkanes) is 48. The third-order valence-electron chi connectivity index (χ3n) is 19.1. The Kier molecular flexibility index (Phi) is 57.9. The molecule has 2 fully saturated rings. The highest BCUT2D eigenvalue weighted by molar-refractivity contribution is 5.76. The number of nitrogens with one attached hydrogen (secondary N) is 1. The number of carbonyl (C=O) groups is 1. The fourth-order valence-electron chi connectivity index (χ4n) is 12.9. The lowest BCUT2D eigenvalue weighted by atomic mass is 9.97. The van der Waals surface area contributed by atoms with Crippen LogP contribution in [-0.4, -0.2) is 140 Å². The summed E-state index contributed by atoms with van der Waals surface area (Å²) in [6.07, 6.45) is 63.9. The van der Waals surface area contributed by atoms with Crippen LogP contribution in [0.2, 0.25) is 0 Å². The standard InChI is InChI=1S/C77H145NO13/c1-3-5-7-9-11-13-15-17-19-21-23-24-25-26-27-28-29-30-31-32-33-34-35-36-37-38-39-40-41-42-43-45-47-49-51-53-55-57-59-61-69(82)78-65(66(81)60-58-56-54-52-50-48-46-44-22-20-18-16-14-12-10-8-6-4-2)64-88-76-74(87)72(85)75(68(63-80)90-76)91-77-73(86)71(84)70(83)67(62-79)89-77/h22,44,50,52,58,60,65-68,70-77,79-81,83-87H,3-21,23-43,45-49,51,53-57,59,61-64H2,1-2H3,(H,78,82)/b44-22+,52-50+,60-58+. The second kappa shape index (κ2) is 61.8. The first-order chi connectivity index (χ1) is 44.6. The van der Waals surface area contributed by atoms with Crippen LogP contribution in [0.1, 0.15) is 354 Å². The summed E-state index contributed by atoms with van der Waals surface area (Å²) in [6, 6.07) is -0.937. The summed E-state index contributed by atoms with van der Waals surface area (Å²) in [5, 5.41) is 87.4. The summed E-state index contributed by atoms with van der Waals surface area (Å²) < 4.78 is 22.8. The molecule has 9 N–H and O–H groups in total. The minimum absolute atomic E-state index is 0.247. The Labute approximate surface area is 557 Å². The van der Waals surface area contributed by atoms with Crippen molar-refractivity contribution in [2.24, 2.45) is 0 Å². The van der Waals surface area contributed by atoms with Crippen molar-refractivity contribution >= 4 is 5.91 Å². The monoisotopic (exact) mass is 1290 g/mol. The molecule has 12 unspecified atom stereocenters. The SMILES string of the molecule is CCCCCCCCCC/C=C/CC/C=C/CC/C=C/C(O)C(COC1OC(CO)C(OC2OC(CO)C(O)C(O)C2O)C(O)C1O)NC(=O)CCCCCCCCCCCCCCCCCCCCCCCCCCCCCCCCCCCCCCCCC. The van der Waals surface area contributed by atoms with Gasteiger partial charge in [-0.2, -0.15) is 0 Å². The van der Waals surface area contributed by atoms with Crippen LogP contribution in [-0.2, 0) is 23.7 Å². The average Bonchev–Trinajstić information content (AvgIpc) is 0.891. The van der Waals surface area contributed by atoms with Crippen molar-refractivity contribution in [3.8, 4) is 0 Å². The normalized spacial score (nSPS) is 22.9. The summed E-state index contributed by atoms with van der Waals surface area (Å²) in [7, 11) is 0. The zero-order valence-electron chi connectivity index (χ0n) is 58.6. The van der Waals surface area contributed by atoms with Crippen molar-refractivity contribution in [1.29, 1.82) is 0 Å². The number of hydrogen-bond donors (Lipinski definition) is 9. The zero-order chi connectivity index (χ0) is 65.9. The molecular formula is C77H145NO13. The Balaban J connectivity index is 1.57. The summed E-state index contributed by atoms with van der Waals surface area (Å²) in [5.74, 6) is -0.247. The maximum Gasteiger partial charge on any atom is 0.220 e. The Bertz CT molecular complexity index is 1670. The Morgan fingerprint density at radius 3 is 1.08 bits per heavy atom. The highest BCUT2D eigenvalue weighted by Crippen LogP contribution is 2.30. The molecule has 536 valence electrons. The molecule has 0 saturated carbocycles. The van der Waals surface area contributed by atoms with Gasteiger partial charge in [0.2, 0.25) is 5.91 Å². The minimum Gasteiger partial charge on any atom is -0.394 e. The predicted octanol–water partition coefficient (Wildman–Crippen LogP) is 16.9. The second-order valence-corrected chi connectivity index (χ2v) is 27.5. The minimum atomic E-state index is -1.79. The Morgan fingerprint density at radius 1 is 0.385 bits per heavy atom. The number of aliphatic hydroxyl groups excluding tert-OH is 8. The van der Waals surface area contributed by atoms with E-state index in [1.165, 1.54) is 276 Å². The lowest BCUT2D eigenvalue weighted by molar-refractivity contribution is -0.359. The van der Waals surface area contributed by atoms with E-state index in [1.54, 1.807) is 6.08 Å². The third kappa shape index (κ3) is 45.4. The van der Waals surface area contributed by atoms with E-state index in [0.717, 1.165) is 44.9 Å². The molecule has 2 saturated heterocycles. The first kappa shape index (κ1) is 85.3. The molecular weight excluding hydrogens is 1150 g/mol. The van der Waals surface area contributed by atoms with E-state index in [0.29, 0.717) is 12.8 Å². The van der Waals surface area contributed by atoms with Gasteiger partial charge >= 0.3 is 0 Å². The number of aliphatic hydroxyl groups is 8. The van der Waals surface area contributed by atoms with Crippen molar-refractivity contribution in [3.63, 3.8) is 0 Å². The van der Waals surface area contributed by atoms with Crippen LogP contribution >= 0.6 is 0 Å². The maximum atomic E-state index is 13.3. The number of carbonyl (C=O) groups excluding carboxylic acids is 1. The summed E-state index contributed by atoms with van der Waals surface area (Å²) in [5.41, 5.74) is 0. The van der Waals surface area contributed by atoms with Gasteiger partial charge in [-0.15, -0.1) is 0 Å². The van der Waals surface area contributed by atoms with Gasteiger partial charge in [0.1, 0.15) is 48.8 Å². The number of allylic oxidation sites excluding steroid dienone is 5. The van der Waals surface area contributed by atoms with Crippen LogP contribution in [0.15, 0.2) is 36.5 Å². The maximum absolute atomic E-state index is 13.3. The number of ether oxygens (including phenoxy) is 4. The van der Waals surface area contributed by atoms with Crippen LogP contribution in [0.5, 0.6) is 0 Å². The molecule has 12 atom stereocenters. The molecule has 14 heteroatoms. The van der Waals surface area contributed by atoms with Crippen LogP contribution in [0.25, 0.3) is 0 Å². The topological polar surface area (TPSA) is 228 Å². The summed E-state index contributed by atoms with van der Waals surface area (Å²) >= 11 is 0. The van der Waals surface area contributed by atoms with E-state index in [2.05, 4.69) is 43.5 Å². The molecule has 2 heterocycles. The number of hydrogen-bond acceptors (Lipinski definition) is 13. The van der Waals surface area contributed by atoms with E-state index in [1.807, 2.05) is 6.08 Å². The molecule has 0 radical (unpaired) electrons. The molecule has 0 aromatic rings. The lowest BCUT2D eigenvalue weighted by Crippen LogP contribution is -2.65. The third-order valence-corrected chi connectivity index (χ3v) is 19.1. The van der Waals surface area contributed by atoms with E-state index >= 15 is 0 Å². The van der Waals surface area contributed by atoms with E-state index in [9.17, 15) is 45.6 Å².